The first-order valence-electron chi connectivity index (χ1n) is 4.72. The minimum Gasteiger partial charge on any atom is -0.465 e. The van der Waals surface area contributed by atoms with Gasteiger partial charge in [0.25, 0.3) is 0 Å². The van der Waals surface area contributed by atoms with Crippen LogP contribution in [0, 0.1) is 0 Å². The molecule has 0 aliphatic rings. The Labute approximate surface area is 84.1 Å². The van der Waals surface area contributed by atoms with Gasteiger partial charge in [-0.2, -0.15) is 0 Å². The summed E-state index contributed by atoms with van der Waals surface area (Å²) in [6.07, 6.45) is 4.35. The van der Waals surface area contributed by atoms with Crippen molar-refractivity contribution in [3.63, 3.8) is 0 Å². The van der Waals surface area contributed by atoms with Crippen molar-refractivity contribution in [2.75, 3.05) is 7.11 Å². The summed E-state index contributed by atoms with van der Waals surface area (Å²) in [5.74, 6) is 0.0924. The molecule has 0 aliphatic carbocycles. The van der Waals surface area contributed by atoms with Gasteiger partial charge in [-0.15, -0.1) is 0 Å². The fraction of sp³-hybridized carbons (Fsp3) is 0.455. The number of esters is 1. The molecule has 3 nitrogen and oxygen atoms in total. The normalized spacial score (nSPS) is 12.2. The van der Waals surface area contributed by atoms with E-state index in [2.05, 4.69) is 23.6 Å². The third-order valence-electron chi connectivity index (χ3n) is 2.36. The molecule has 1 aromatic heterocycles. The summed E-state index contributed by atoms with van der Waals surface area (Å²) >= 11 is 0. The van der Waals surface area contributed by atoms with Gasteiger partial charge in [0.1, 0.15) is 0 Å². The van der Waals surface area contributed by atoms with Crippen molar-refractivity contribution in [2.24, 2.45) is 0 Å². The number of nitrogens with zero attached hydrogens (tertiary/aromatic N) is 1. The largest absolute Gasteiger partial charge is 0.465 e. The van der Waals surface area contributed by atoms with Crippen LogP contribution in [0.4, 0.5) is 0 Å². The molecule has 1 atom stereocenters. The summed E-state index contributed by atoms with van der Waals surface area (Å²) in [7, 11) is 1.37. The fourth-order valence-corrected chi connectivity index (χ4v) is 1.19. The summed E-state index contributed by atoms with van der Waals surface area (Å²) in [4.78, 5) is 15.2. The number of hydrogen-bond donors (Lipinski definition) is 0. The van der Waals surface area contributed by atoms with Gasteiger partial charge in [0.2, 0.25) is 0 Å². The van der Waals surface area contributed by atoms with Gasteiger partial charge in [-0.1, -0.05) is 13.8 Å². The maximum atomic E-state index is 11.2. The van der Waals surface area contributed by atoms with E-state index in [-0.39, 0.29) is 5.97 Å². The Bertz CT molecular complexity index is 323. The topological polar surface area (TPSA) is 39.2 Å². The molecule has 0 aromatic carbocycles. The van der Waals surface area contributed by atoms with Crippen LogP contribution in [0.15, 0.2) is 18.5 Å². The Morgan fingerprint density at radius 2 is 2.29 bits per heavy atom. The first kappa shape index (κ1) is 10.7. The molecule has 1 heterocycles. The molecule has 0 radical (unpaired) electrons. The van der Waals surface area contributed by atoms with E-state index in [1.54, 1.807) is 6.20 Å². The van der Waals surface area contributed by atoms with Crippen molar-refractivity contribution in [1.82, 2.24) is 4.98 Å². The van der Waals surface area contributed by atoms with Crippen LogP contribution < -0.4 is 0 Å². The van der Waals surface area contributed by atoms with Crippen LogP contribution in [0.25, 0.3) is 0 Å². The van der Waals surface area contributed by atoms with Gasteiger partial charge in [-0.3, -0.25) is 4.98 Å². The molecule has 3 heteroatoms. The first-order valence-corrected chi connectivity index (χ1v) is 4.72. The molecule has 1 rings (SSSR count). The number of carbonyl (C=O) groups is 1. The van der Waals surface area contributed by atoms with Crippen LogP contribution in [-0.4, -0.2) is 18.1 Å². The number of carbonyl (C=O) groups excluding carboxylic acids is 1. The molecular weight excluding hydrogens is 178 g/mol. The van der Waals surface area contributed by atoms with Crippen LogP contribution in [0.3, 0.4) is 0 Å². The highest BCUT2D eigenvalue weighted by atomic mass is 16.5. The highest BCUT2D eigenvalue weighted by Gasteiger charge is 2.09. The highest BCUT2D eigenvalue weighted by molar-refractivity contribution is 5.89. The van der Waals surface area contributed by atoms with Gasteiger partial charge in [0.15, 0.2) is 0 Å². The second kappa shape index (κ2) is 4.74. The Morgan fingerprint density at radius 3 is 2.86 bits per heavy atom. The smallest absolute Gasteiger partial charge is 0.339 e. The SMILES string of the molecule is CCC(C)c1cncc(C(=O)OC)c1. The average molecular weight is 193 g/mol. The molecule has 0 amide bonds. The van der Waals surface area contributed by atoms with Gasteiger partial charge >= 0.3 is 5.97 Å². The maximum Gasteiger partial charge on any atom is 0.339 e. The number of pyridine rings is 1. The molecule has 14 heavy (non-hydrogen) atoms. The van der Waals surface area contributed by atoms with E-state index in [0.717, 1.165) is 12.0 Å². The van der Waals surface area contributed by atoms with Crippen molar-refractivity contribution in [3.8, 4) is 0 Å². The molecule has 0 N–H and O–H groups in total. The van der Waals surface area contributed by atoms with Crippen LogP contribution >= 0.6 is 0 Å². The Hall–Kier alpha value is -1.38. The van der Waals surface area contributed by atoms with E-state index in [0.29, 0.717) is 11.5 Å². The Balaban J connectivity index is 2.95. The lowest BCUT2D eigenvalue weighted by atomic mass is 9.99. The fourth-order valence-electron chi connectivity index (χ4n) is 1.19. The molecule has 0 saturated heterocycles. The monoisotopic (exact) mass is 193 g/mol. The Kier molecular flexibility index (Phi) is 3.63. The van der Waals surface area contributed by atoms with Crippen LogP contribution in [-0.2, 0) is 4.74 Å². The third-order valence-corrected chi connectivity index (χ3v) is 2.36. The number of ether oxygens (including phenoxy) is 1. The molecular formula is C11H15NO2. The van der Waals surface area contributed by atoms with Crippen LogP contribution in [0.2, 0.25) is 0 Å². The second-order valence-corrected chi connectivity index (χ2v) is 3.31. The van der Waals surface area contributed by atoms with Crippen molar-refractivity contribution in [2.45, 2.75) is 26.2 Å². The third kappa shape index (κ3) is 2.31. The molecule has 0 aliphatic heterocycles. The average Bonchev–Trinajstić information content (AvgIpc) is 2.27. The van der Waals surface area contributed by atoms with Gasteiger partial charge < -0.3 is 4.74 Å². The van der Waals surface area contributed by atoms with E-state index in [1.165, 1.54) is 13.3 Å². The molecule has 1 unspecified atom stereocenters. The van der Waals surface area contributed by atoms with E-state index in [1.807, 2.05) is 6.07 Å². The minimum absolute atomic E-state index is 0.331. The lowest BCUT2D eigenvalue weighted by Gasteiger charge is -2.08. The summed E-state index contributed by atoms with van der Waals surface area (Å²) in [6.45, 7) is 4.22. The zero-order chi connectivity index (χ0) is 10.6. The van der Waals surface area contributed by atoms with Gasteiger partial charge in [0.05, 0.1) is 12.7 Å². The van der Waals surface area contributed by atoms with Gasteiger partial charge in [-0.25, -0.2) is 4.79 Å². The predicted molar refractivity (Wildman–Crippen MR) is 54.3 cm³/mol. The number of rotatable bonds is 3. The molecule has 0 spiro atoms. The molecule has 0 saturated carbocycles. The highest BCUT2D eigenvalue weighted by Crippen LogP contribution is 2.18. The number of aromatic nitrogens is 1. The second-order valence-electron chi connectivity index (χ2n) is 3.31. The summed E-state index contributed by atoms with van der Waals surface area (Å²) in [5, 5.41) is 0. The predicted octanol–water partition coefficient (Wildman–Crippen LogP) is 2.38. The zero-order valence-corrected chi connectivity index (χ0v) is 8.78. The first-order chi connectivity index (χ1) is 6.69. The van der Waals surface area contributed by atoms with E-state index in [9.17, 15) is 4.79 Å². The minimum atomic E-state index is -0.331. The van der Waals surface area contributed by atoms with Crippen molar-refractivity contribution in [3.05, 3.63) is 29.6 Å². The molecule has 76 valence electrons. The molecule has 1 aromatic rings. The van der Waals surface area contributed by atoms with E-state index < -0.39 is 0 Å². The standard InChI is InChI=1S/C11H15NO2/c1-4-8(2)9-5-10(7-12-6-9)11(13)14-3/h5-8H,4H2,1-3H3. The van der Waals surface area contributed by atoms with E-state index >= 15 is 0 Å². The van der Waals surface area contributed by atoms with Gasteiger partial charge in [0, 0.05) is 12.4 Å². The molecule has 0 fully saturated rings. The maximum absolute atomic E-state index is 11.2. The van der Waals surface area contributed by atoms with Crippen molar-refractivity contribution >= 4 is 5.97 Å². The van der Waals surface area contributed by atoms with Crippen LogP contribution in [0.5, 0.6) is 0 Å². The van der Waals surface area contributed by atoms with Crippen molar-refractivity contribution in [1.29, 1.82) is 0 Å². The number of hydrogen-bond acceptors (Lipinski definition) is 3. The summed E-state index contributed by atoms with van der Waals surface area (Å²) < 4.78 is 4.63. The lowest BCUT2D eigenvalue weighted by molar-refractivity contribution is 0.0600. The zero-order valence-electron chi connectivity index (χ0n) is 8.78. The van der Waals surface area contributed by atoms with Gasteiger partial charge in [-0.05, 0) is 24.0 Å². The van der Waals surface area contributed by atoms with Crippen molar-refractivity contribution < 1.29 is 9.53 Å². The number of methoxy groups -OCH3 is 1. The van der Waals surface area contributed by atoms with E-state index in [4.69, 9.17) is 0 Å². The summed E-state index contributed by atoms with van der Waals surface area (Å²) in [6, 6.07) is 1.84. The lowest BCUT2D eigenvalue weighted by Crippen LogP contribution is -2.03. The Morgan fingerprint density at radius 1 is 1.57 bits per heavy atom. The quantitative estimate of drug-likeness (QED) is 0.692. The van der Waals surface area contributed by atoms with Crippen LogP contribution in [0.1, 0.15) is 42.1 Å². The summed E-state index contributed by atoms with van der Waals surface area (Å²) in [5.41, 5.74) is 1.60. The molecule has 0 bridgehead atoms.